The molecule has 2 fully saturated rings. The Labute approximate surface area is 155 Å². The fourth-order valence-electron chi connectivity index (χ4n) is 4.98. The minimum Gasteiger partial charge on any atom is -0.266 e. The van der Waals surface area contributed by atoms with Crippen molar-refractivity contribution in [1.82, 2.24) is 0 Å². The van der Waals surface area contributed by atoms with Crippen LogP contribution in [-0.4, -0.2) is 19.7 Å². The molecule has 1 aromatic rings. The van der Waals surface area contributed by atoms with Gasteiger partial charge in [-0.3, -0.25) is 4.31 Å². The number of hydrogen-bond acceptors (Lipinski definition) is 3. The second-order valence-electron chi connectivity index (χ2n) is 7.26. The van der Waals surface area contributed by atoms with Crippen LogP contribution in [0.2, 0.25) is 0 Å². The third-order valence-corrected chi connectivity index (χ3v) is 8.28. The van der Waals surface area contributed by atoms with Gasteiger partial charge >= 0.3 is 6.18 Å². The normalized spacial score (nSPS) is 33.1. The van der Waals surface area contributed by atoms with Crippen LogP contribution in [0, 0.1) is 29.1 Å². The molecule has 2 aliphatic carbocycles. The highest BCUT2D eigenvalue weighted by atomic mass is 32.2. The Morgan fingerprint density at radius 1 is 1.30 bits per heavy atom. The second-order valence-corrected chi connectivity index (χ2v) is 9.23. The third-order valence-electron chi connectivity index (χ3n) is 5.90. The van der Waals surface area contributed by atoms with E-state index in [9.17, 15) is 21.6 Å². The molecule has 4 nitrogen and oxygen atoms in total. The lowest BCUT2D eigenvalue weighted by Gasteiger charge is -2.29. The molecule has 5 atom stereocenters. The molecule has 0 N–H and O–H groups in total. The average Bonchev–Trinajstić information content (AvgIpc) is 3.26. The molecule has 1 aliphatic heterocycles. The van der Waals surface area contributed by atoms with Gasteiger partial charge in [0.05, 0.1) is 34.2 Å². The fourth-order valence-corrected chi connectivity index (χ4v) is 7.68. The number of nitriles is 1. The van der Waals surface area contributed by atoms with Gasteiger partial charge in [-0.1, -0.05) is 18.2 Å². The molecule has 3 aliphatic rings. The summed E-state index contributed by atoms with van der Waals surface area (Å²) in [5.74, 6) is -0.138. The summed E-state index contributed by atoms with van der Waals surface area (Å²) in [5, 5.41) is 8.37. The Kier molecular flexibility index (Phi) is 3.93. The topological polar surface area (TPSA) is 61.2 Å². The Bertz CT molecular complexity index is 978. The van der Waals surface area contributed by atoms with Crippen molar-refractivity contribution in [2.24, 2.45) is 17.8 Å². The van der Waals surface area contributed by atoms with Crippen LogP contribution < -0.4 is 4.31 Å². The number of alkyl halides is 3. The van der Waals surface area contributed by atoms with Crippen molar-refractivity contribution in [3.63, 3.8) is 0 Å². The highest BCUT2D eigenvalue weighted by Crippen LogP contribution is 2.56. The summed E-state index contributed by atoms with van der Waals surface area (Å²) in [6.45, 7) is 3.70. The number of sulfonamides is 1. The summed E-state index contributed by atoms with van der Waals surface area (Å²) in [6, 6.07) is 4.17. The maximum absolute atomic E-state index is 13.4. The quantitative estimate of drug-likeness (QED) is 0.732. The molecular weight excluding hydrogens is 377 g/mol. The lowest BCUT2D eigenvalue weighted by molar-refractivity contribution is -0.137. The van der Waals surface area contributed by atoms with Gasteiger partial charge in [0.2, 0.25) is 10.0 Å². The molecule has 142 valence electrons. The molecule has 1 saturated carbocycles. The molecule has 27 heavy (non-hydrogen) atoms. The highest BCUT2D eigenvalue weighted by Gasteiger charge is 2.62. The predicted octanol–water partition coefficient (Wildman–Crippen LogP) is 3.86. The highest BCUT2D eigenvalue weighted by molar-refractivity contribution is 7.93. The van der Waals surface area contributed by atoms with Gasteiger partial charge in [-0.25, -0.2) is 8.42 Å². The van der Waals surface area contributed by atoms with Gasteiger partial charge in [-0.15, -0.1) is 6.58 Å². The van der Waals surface area contributed by atoms with Gasteiger partial charge < -0.3 is 0 Å². The maximum Gasteiger partial charge on any atom is 0.417 e. The summed E-state index contributed by atoms with van der Waals surface area (Å²) < 4.78 is 67.8. The zero-order chi connectivity index (χ0) is 19.6. The van der Waals surface area contributed by atoms with Gasteiger partial charge in [0.1, 0.15) is 0 Å². The SMILES string of the molecule is C=CC[C@@H]1[C@@H]2[C@@H]([C@H]3C=C[C@@H]2C3)S(=O)(=O)N1c1ccc(C#N)c(C(F)(F)F)c1. The predicted molar refractivity (Wildman–Crippen MR) is 94.2 cm³/mol. The molecule has 2 bridgehead atoms. The third kappa shape index (κ3) is 2.52. The fraction of sp³-hybridized carbons (Fsp3) is 0.421. The number of anilines is 1. The molecule has 0 unspecified atom stereocenters. The Morgan fingerprint density at radius 3 is 2.63 bits per heavy atom. The first-order valence-electron chi connectivity index (χ1n) is 8.64. The summed E-state index contributed by atoms with van der Waals surface area (Å²) in [5.41, 5.74) is -1.68. The van der Waals surface area contributed by atoms with Crippen molar-refractivity contribution in [3.8, 4) is 6.07 Å². The molecule has 4 rings (SSSR count). The first-order chi connectivity index (χ1) is 12.7. The first-order valence-corrected chi connectivity index (χ1v) is 10.1. The number of halogens is 3. The Hall–Kier alpha value is -2.27. The van der Waals surface area contributed by atoms with E-state index < -0.39 is 38.6 Å². The minimum absolute atomic E-state index is 0.0398. The van der Waals surface area contributed by atoms with Gasteiger partial charge in [-0.2, -0.15) is 18.4 Å². The van der Waals surface area contributed by atoms with E-state index >= 15 is 0 Å². The average molecular weight is 394 g/mol. The number of allylic oxidation sites excluding steroid dienone is 2. The van der Waals surface area contributed by atoms with Gasteiger partial charge in [0.15, 0.2) is 0 Å². The lowest BCUT2D eigenvalue weighted by Crippen LogP contribution is -2.37. The van der Waals surface area contributed by atoms with E-state index in [1.165, 1.54) is 12.1 Å². The number of rotatable bonds is 3. The smallest absolute Gasteiger partial charge is 0.266 e. The van der Waals surface area contributed by atoms with E-state index in [1.807, 2.05) is 12.2 Å². The molecule has 8 heteroatoms. The molecule has 1 heterocycles. The molecule has 0 radical (unpaired) electrons. The maximum atomic E-state index is 13.4. The summed E-state index contributed by atoms with van der Waals surface area (Å²) in [7, 11) is -3.82. The van der Waals surface area contributed by atoms with Crippen LogP contribution in [0.5, 0.6) is 0 Å². The first kappa shape index (κ1) is 18.1. The largest absolute Gasteiger partial charge is 0.417 e. The van der Waals surface area contributed by atoms with E-state index in [0.717, 1.165) is 22.9 Å². The number of hydrogen-bond donors (Lipinski definition) is 0. The number of fused-ring (bicyclic) bond motifs is 5. The van der Waals surface area contributed by atoms with E-state index in [0.29, 0.717) is 6.42 Å². The van der Waals surface area contributed by atoms with Crippen LogP contribution in [0.1, 0.15) is 24.0 Å². The number of benzene rings is 1. The van der Waals surface area contributed by atoms with Crippen molar-refractivity contribution >= 4 is 15.7 Å². The van der Waals surface area contributed by atoms with Gasteiger partial charge in [0.25, 0.3) is 0 Å². The van der Waals surface area contributed by atoms with Crippen LogP contribution in [-0.2, 0) is 16.2 Å². The van der Waals surface area contributed by atoms with E-state index in [-0.39, 0.29) is 23.4 Å². The molecule has 0 spiro atoms. The lowest BCUT2D eigenvalue weighted by atomic mass is 9.84. The van der Waals surface area contributed by atoms with Crippen molar-refractivity contribution < 1.29 is 21.6 Å². The van der Waals surface area contributed by atoms with Gasteiger partial charge in [-0.05, 0) is 42.9 Å². The molecule has 1 aromatic carbocycles. The van der Waals surface area contributed by atoms with Crippen molar-refractivity contribution in [2.75, 3.05) is 4.31 Å². The molecule has 1 saturated heterocycles. The van der Waals surface area contributed by atoms with Crippen molar-refractivity contribution in [2.45, 2.75) is 30.3 Å². The van der Waals surface area contributed by atoms with Crippen molar-refractivity contribution in [1.29, 1.82) is 5.26 Å². The molecular formula is C19H17F3N2O2S. The summed E-state index contributed by atoms with van der Waals surface area (Å²) >= 11 is 0. The number of nitrogens with zero attached hydrogens (tertiary/aromatic N) is 2. The molecule has 0 aromatic heterocycles. The second kappa shape index (κ2) is 5.86. The van der Waals surface area contributed by atoms with Crippen LogP contribution in [0.25, 0.3) is 0 Å². The zero-order valence-corrected chi connectivity index (χ0v) is 15.0. The monoisotopic (exact) mass is 394 g/mol. The summed E-state index contributed by atoms with van der Waals surface area (Å²) in [6.07, 6.45) is 1.95. The van der Waals surface area contributed by atoms with Crippen LogP contribution in [0.15, 0.2) is 43.0 Å². The Morgan fingerprint density at radius 2 is 2.00 bits per heavy atom. The standard InChI is InChI=1S/C19H17F3N2O2S/c1-2-3-16-17-11-4-5-12(8-11)18(17)27(25,26)24(16)14-7-6-13(10-23)15(9-14)19(20,21)22/h2,4-7,9,11-12,16-18H,1,3,8H2/t11-,12+,16-,17-,18-/m1/s1. The van der Waals surface area contributed by atoms with Crippen molar-refractivity contribution in [3.05, 3.63) is 54.1 Å². The van der Waals surface area contributed by atoms with E-state index in [1.54, 1.807) is 6.08 Å². The zero-order valence-electron chi connectivity index (χ0n) is 14.2. The van der Waals surface area contributed by atoms with E-state index in [4.69, 9.17) is 5.26 Å². The van der Waals surface area contributed by atoms with Crippen LogP contribution in [0.3, 0.4) is 0 Å². The summed E-state index contributed by atoms with van der Waals surface area (Å²) in [4.78, 5) is 0. The molecule has 0 amide bonds. The minimum atomic E-state index is -4.74. The Balaban J connectivity index is 1.86. The van der Waals surface area contributed by atoms with Crippen LogP contribution >= 0.6 is 0 Å². The van der Waals surface area contributed by atoms with E-state index in [2.05, 4.69) is 6.58 Å². The van der Waals surface area contributed by atoms with Gasteiger partial charge in [0, 0.05) is 5.92 Å². The van der Waals surface area contributed by atoms with Crippen LogP contribution in [0.4, 0.5) is 18.9 Å².